The number of methoxy groups -OCH3 is 2. The lowest BCUT2D eigenvalue weighted by molar-refractivity contribution is 0.103. The van der Waals surface area contributed by atoms with Gasteiger partial charge in [-0.2, -0.15) is 4.98 Å². The van der Waals surface area contributed by atoms with Gasteiger partial charge in [0, 0.05) is 16.4 Å². The quantitative estimate of drug-likeness (QED) is 0.572. The number of benzene rings is 1. The minimum Gasteiger partial charge on any atom is -0.480 e. The standard InChI is InChI=1S/C17H16IN3O3S/c1-9-13-16(24-3)20-12(8-23-2)21-17(13)25-14(9)15(22)19-11-6-4-5-10(18)7-11/h4-7H,8H2,1-3H3,(H,19,22). The van der Waals surface area contributed by atoms with Crippen LogP contribution in [0.4, 0.5) is 5.69 Å². The number of aromatic nitrogens is 2. The van der Waals surface area contributed by atoms with Crippen LogP contribution >= 0.6 is 33.9 Å². The first-order chi connectivity index (χ1) is 12.0. The summed E-state index contributed by atoms with van der Waals surface area (Å²) in [6.45, 7) is 2.16. The minimum absolute atomic E-state index is 0.169. The average Bonchev–Trinajstić information content (AvgIpc) is 2.91. The molecule has 3 rings (SSSR count). The number of rotatable bonds is 5. The molecule has 0 bridgehead atoms. The van der Waals surface area contributed by atoms with Crippen LogP contribution < -0.4 is 10.1 Å². The Hall–Kier alpha value is -1.78. The fraction of sp³-hybridized carbons (Fsp3) is 0.235. The topological polar surface area (TPSA) is 73.3 Å². The number of carbonyl (C=O) groups is 1. The van der Waals surface area contributed by atoms with Gasteiger partial charge in [-0.1, -0.05) is 6.07 Å². The molecule has 3 aromatic rings. The van der Waals surface area contributed by atoms with Crippen molar-refractivity contribution in [3.8, 4) is 5.88 Å². The zero-order valence-corrected chi connectivity index (χ0v) is 16.9. The summed E-state index contributed by atoms with van der Waals surface area (Å²) in [5.74, 6) is 0.814. The van der Waals surface area contributed by atoms with E-state index in [-0.39, 0.29) is 12.5 Å². The highest BCUT2D eigenvalue weighted by atomic mass is 127. The molecule has 6 nitrogen and oxygen atoms in total. The lowest BCUT2D eigenvalue weighted by Gasteiger charge is -2.06. The molecule has 0 atom stereocenters. The molecule has 1 amide bonds. The minimum atomic E-state index is -0.169. The number of hydrogen-bond acceptors (Lipinski definition) is 6. The Kier molecular flexibility index (Phi) is 5.50. The van der Waals surface area contributed by atoms with Gasteiger partial charge in [0.15, 0.2) is 5.82 Å². The molecule has 0 aliphatic heterocycles. The zero-order chi connectivity index (χ0) is 18.0. The Morgan fingerprint density at radius 3 is 2.80 bits per heavy atom. The molecule has 8 heteroatoms. The van der Waals surface area contributed by atoms with Crippen molar-refractivity contribution in [3.63, 3.8) is 0 Å². The van der Waals surface area contributed by atoms with Gasteiger partial charge in [0.1, 0.15) is 11.4 Å². The maximum Gasteiger partial charge on any atom is 0.266 e. The average molecular weight is 469 g/mol. The van der Waals surface area contributed by atoms with Crippen molar-refractivity contribution in [2.75, 3.05) is 19.5 Å². The second kappa shape index (κ2) is 7.63. The highest BCUT2D eigenvalue weighted by Gasteiger charge is 2.21. The number of aryl methyl sites for hydroxylation is 1. The zero-order valence-electron chi connectivity index (χ0n) is 13.9. The van der Waals surface area contributed by atoms with Gasteiger partial charge in [-0.05, 0) is 53.3 Å². The van der Waals surface area contributed by atoms with Crippen LogP contribution in [0.2, 0.25) is 0 Å². The Bertz CT molecular complexity index is 942. The highest BCUT2D eigenvalue weighted by molar-refractivity contribution is 14.1. The molecule has 130 valence electrons. The smallest absolute Gasteiger partial charge is 0.266 e. The van der Waals surface area contributed by atoms with Gasteiger partial charge in [0.2, 0.25) is 5.88 Å². The van der Waals surface area contributed by atoms with E-state index in [4.69, 9.17) is 9.47 Å². The number of nitrogens with one attached hydrogen (secondary N) is 1. The summed E-state index contributed by atoms with van der Waals surface area (Å²) in [6, 6.07) is 7.65. The summed E-state index contributed by atoms with van der Waals surface area (Å²) in [5.41, 5.74) is 1.57. The molecule has 0 saturated carbocycles. The second-order valence-corrected chi connectivity index (χ2v) is 7.53. The lowest BCUT2D eigenvalue weighted by Crippen LogP contribution is -2.11. The first kappa shape index (κ1) is 18.0. The third-order valence-corrected chi connectivity index (χ3v) is 5.41. The van der Waals surface area contributed by atoms with Crippen LogP contribution in [0.1, 0.15) is 21.1 Å². The van der Waals surface area contributed by atoms with Crippen molar-refractivity contribution in [3.05, 3.63) is 44.1 Å². The van der Waals surface area contributed by atoms with E-state index in [1.165, 1.54) is 11.3 Å². The van der Waals surface area contributed by atoms with Gasteiger partial charge in [0.25, 0.3) is 5.91 Å². The third kappa shape index (κ3) is 3.75. The van der Waals surface area contributed by atoms with E-state index < -0.39 is 0 Å². The summed E-state index contributed by atoms with van der Waals surface area (Å²) < 4.78 is 11.5. The molecule has 25 heavy (non-hydrogen) atoms. The number of thiophene rings is 1. The summed E-state index contributed by atoms with van der Waals surface area (Å²) in [5, 5.41) is 3.70. The van der Waals surface area contributed by atoms with Crippen molar-refractivity contribution in [1.82, 2.24) is 9.97 Å². The van der Waals surface area contributed by atoms with Crippen LogP contribution in [0, 0.1) is 10.5 Å². The van der Waals surface area contributed by atoms with Crippen molar-refractivity contribution in [2.24, 2.45) is 0 Å². The van der Waals surface area contributed by atoms with Crippen molar-refractivity contribution in [1.29, 1.82) is 0 Å². The Morgan fingerprint density at radius 1 is 1.32 bits per heavy atom. The Labute approximate surface area is 162 Å². The lowest BCUT2D eigenvalue weighted by atomic mass is 10.2. The van der Waals surface area contributed by atoms with Gasteiger partial charge in [-0.25, -0.2) is 4.98 Å². The number of anilines is 1. The fourth-order valence-corrected chi connectivity index (χ4v) is 4.09. The molecule has 1 aromatic carbocycles. The van der Waals surface area contributed by atoms with Crippen molar-refractivity contribution in [2.45, 2.75) is 13.5 Å². The predicted octanol–water partition coefficient (Wildman–Crippen LogP) is 4.01. The molecule has 0 unspecified atom stereocenters. The first-order valence-corrected chi connectivity index (χ1v) is 9.33. The van der Waals surface area contributed by atoms with E-state index in [1.54, 1.807) is 14.2 Å². The van der Waals surface area contributed by atoms with Crippen LogP contribution in [0.25, 0.3) is 10.2 Å². The van der Waals surface area contributed by atoms with Crippen molar-refractivity contribution < 1.29 is 14.3 Å². The molecule has 0 aliphatic rings. The molecule has 0 spiro atoms. The Morgan fingerprint density at radius 2 is 2.12 bits per heavy atom. The highest BCUT2D eigenvalue weighted by Crippen LogP contribution is 2.35. The molecular weight excluding hydrogens is 453 g/mol. The van der Waals surface area contributed by atoms with E-state index in [1.807, 2.05) is 31.2 Å². The number of hydrogen-bond donors (Lipinski definition) is 1. The summed E-state index contributed by atoms with van der Waals surface area (Å²) >= 11 is 3.53. The monoisotopic (exact) mass is 469 g/mol. The number of fused-ring (bicyclic) bond motifs is 1. The first-order valence-electron chi connectivity index (χ1n) is 7.43. The van der Waals surface area contributed by atoms with Gasteiger partial charge >= 0.3 is 0 Å². The summed E-state index contributed by atoms with van der Waals surface area (Å²) in [7, 11) is 3.14. The number of carbonyl (C=O) groups excluding carboxylic acids is 1. The van der Waals surface area contributed by atoms with Crippen LogP contribution in [0.15, 0.2) is 24.3 Å². The van der Waals surface area contributed by atoms with E-state index >= 15 is 0 Å². The molecule has 0 aliphatic carbocycles. The molecule has 0 saturated heterocycles. The molecule has 2 heterocycles. The number of amides is 1. The SMILES string of the molecule is COCc1nc(OC)c2c(C)c(C(=O)Nc3cccc(I)c3)sc2n1. The van der Waals surface area contributed by atoms with Crippen LogP contribution in [-0.2, 0) is 11.3 Å². The second-order valence-electron chi connectivity index (χ2n) is 5.28. The largest absolute Gasteiger partial charge is 0.480 e. The molecule has 0 fully saturated rings. The maximum atomic E-state index is 12.7. The molecular formula is C17H16IN3O3S. The van der Waals surface area contributed by atoms with Crippen LogP contribution in [-0.4, -0.2) is 30.1 Å². The van der Waals surface area contributed by atoms with E-state index in [2.05, 4.69) is 37.9 Å². The molecule has 2 aromatic heterocycles. The van der Waals surface area contributed by atoms with Gasteiger partial charge < -0.3 is 14.8 Å². The van der Waals surface area contributed by atoms with Crippen LogP contribution in [0.5, 0.6) is 5.88 Å². The van der Waals surface area contributed by atoms with Gasteiger partial charge in [-0.3, -0.25) is 4.79 Å². The predicted molar refractivity (Wildman–Crippen MR) is 107 cm³/mol. The normalized spacial score (nSPS) is 10.9. The Balaban J connectivity index is 2.01. The number of ether oxygens (including phenoxy) is 2. The van der Waals surface area contributed by atoms with E-state index in [0.29, 0.717) is 21.4 Å². The number of nitrogens with zero attached hydrogens (tertiary/aromatic N) is 2. The van der Waals surface area contributed by atoms with E-state index in [9.17, 15) is 4.79 Å². The summed E-state index contributed by atoms with van der Waals surface area (Å²) in [6.07, 6.45) is 0. The summed E-state index contributed by atoms with van der Waals surface area (Å²) in [4.78, 5) is 22.8. The van der Waals surface area contributed by atoms with Gasteiger partial charge in [-0.15, -0.1) is 11.3 Å². The third-order valence-electron chi connectivity index (χ3n) is 3.56. The van der Waals surface area contributed by atoms with Crippen molar-refractivity contribution >= 4 is 55.7 Å². The molecule has 0 radical (unpaired) electrons. The van der Waals surface area contributed by atoms with E-state index in [0.717, 1.165) is 20.2 Å². The van der Waals surface area contributed by atoms with Gasteiger partial charge in [0.05, 0.1) is 17.4 Å². The fourth-order valence-electron chi connectivity index (χ4n) is 2.46. The van der Waals surface area contributed by atoms with Crippen LogP contribution in [0.3, 0.4) is 0 Å². The number of halogens is 1. The molecule has 1 N–H and O–H groups in total. The maximum absolute atomic E-state index is 12.7.